The Hall–Kier alpha value is -2.36. The minimum Gasteiger partial charge on any atom is -0.493 e. The first kappa shape index (κ1) is 24.8. The van der Waals surface area contributed by atoms with E-state index in [9.17, 15) is 4.79 Å². The van der Waals surface area contributed by atoms with Crippen molar-refractivity contribution < 1.29 is 19.0 Å². The lowest BCUT2D eigenvalue weighted by atomic mass is 10.0. The van der Waals surface area contributed by atoms with E-state index in [1.807, 2.05) is 6.07 Å². The normalized spacial score (nSPS) is 19.5. The van der Waals surface area contributed by atoms with Crippen molar-refractivity contribution in [2.45, 2.75) is 45.8 Å². The lowest BCUT2D eigenvalue weighted by Gasteiger charge is -2.24. The molecule has 1 N–H and O–H groups in total. The van der Waals surface area contributed by atoms with E-state index in [-0.39, 0.29) is 23.8 Å². The molecule has 0 saturated carbocycles. The van der Waals surface area contributed by atoms with Gasteiger partial charge in [-0.25, -0.2) is 0 Å². The number of nitrogens with one attached hydrogen (secondary N) is 1. The van der Waals surface area contributed by atoms with Crippen molar-refractivity contribution in [3.8, 4) is 11.5 Å². The standard InChI is InChI=1S/C24H34ClN5O4/c1-15(2)22(26-24(31)16-6-10-34-14-16)23-28-27-21-5-7-29(8-9-30(21)23)13-17-11-19(32-3)20(33-4)12-18(17)25/h11-12,15-16,22H,5-10,13-14H2,1-4H3,(H,26,31). The van der Waals surface area contributed by atoms with Crippen molar-refractivity contribution in [3.63, 3.8) is 0 Å². The molecule has 2 aromatic rings. The number of benzene rings is 1. The Morgan fingerprint density at radius 2 is 1.97 bits per heavy atom. The third-order valence-electron chi connectivity index (χ3n) is 6.64. The molecule has 1 fully saturated rings. The quantitative estimate of drug-likeness (QED) is 0.607. The fourth-order valence-electron chi connectivity index (χ4n) is 4.58. The average Bonchev–Trinajstić information content (AvgIpc) is 3.46. The van der Waals surface area contributed by atoms with Gasteiger partial charge in [0.1, 0.15) is 5.82 Å². The van der Waals surface area contributed by atoms with Gasteiger partial charge in [-0.15, -0.1) is 10.2 Å². The lowest BCUT2D eigenvalue weighted by molar-refractivity contribution is -0.126. The van der Waals surface area contributed by atoms with E-state index in [1.165, 1.54) is 0 Å². The minimum atomic E-state index is -0.193. The molecule has 34 heavy (non-hydrogen) atoms. The number of hydrogen-bond acceptors (Lipinski definition) is 7. The van der Waals surface area contributed by atoms with Gasteiger partial charge >= 0.3 is 0 Å². The van der Waals surface area contributed by atoms with Crippen molar-refractivity contribution in [1.29, 1.82) is 0 Å². The van der Waals surface area contributed by atoms with Gasteiger partial charge in [-0.05, 0) is 24.0 Å². The number of fused-ring (bicyclic) bond motifs is 1. The Morgan fingerprint density at radius 1 is 1.21 bits per heavy atom. The molecule has 2 atom stereocenters. The van der Waals surface area contributed by atoms with Gasteiger partial charge < -0.3 is 24.1 Å². The third kappa shape index (κ3) is 5.31. The summed E-state index contributed by atoms with van der Waals surface area (Å²) in [6, 6.07) is 3.54. The van der Waals surface area contributed by atoms with Gasteiger partial charge in [-0.2, -0.15) is 0 Å². The predicted molar refractivity (Wildman–Crippen MR) is 128 cm³/mol. The second kappa shape index (κ2) is 10.9. The maximum Gasteiger partial charge on any atom is 0.226 e. The highest BCUT2D eigenvalue weighted by Crippen LogP contribution is 2.34. The summed E-state index contributed by atoms with van der Waals surface area (Å²) in [5, 5.41) is 12.9. The van der Waals surface area contributed by atoms with Crippen LogP contribution >= 0.6 is 11.6 Å². The maximum absolute atomic E-state index is 12.8. The third-order valence-corrected chi connectivity index (χ3v) is 6.99. The highest BCUT2D eigenvalue weighted by Gasteiger charge is 2.31. The number of amides is 1. The molecule has 0 radical (unpaired) electrons. The Balaban J connectivity index is 1.47. The predicted octanol–water partition coefficient (Wildman–Crippen LogP) is 2.86. The molecule has 4 rings (SSSR count). The summed E-state index contributed by atoms with van der Waals surface area (Å²) in [4.78, 5) is 15.1. The topological polar surface area (TPSA) is 90.7 Å². The Kier molecular flexibility index (Phi) is 7.95. The number of methoxy groups -OCH3 is 2. The molecule has 0 aliphatic carbocycles. The van der Waals surface area contributed by atoms with Crippen LogP contribution in [-0.4, -0.2) is 66.1 Å². The van der Waals surface area contributed by atoms with Crippen molar-refractivity contribution in [2.75, 3.05) is 40.5 Å². The summed E-state index contributed by atoms with van der Waals surface area (Å²) in [7, 11) is 3.22. The van der Waals surface area contributed by atoms with Gasteiger partial charge in [-0.1, -0.05) is 25.4 Å². The molecule has 10 heteroatoms. The van der Waals surface area contributed by atoms with Gasteiger partial charge in [0.15, 0.2) is 17.3 Å². The molecule has 0 bridgehead atoms. The van der Waals surface area contributed by atoms with Crippen LogP contribution in [0.15, 0.2) is 12.1 Å². The van der Waals surface area contributed by atoms with Crippen LogP contribution < -0.4 is 14.8 Å². The van der Waals surface area contributed by atoms with Crippen LogP contribution in [0, 0.1) is 11.8 Å². The monoisotopic (exact) mass is 491 g/mol. The number of nitrogens with zero attached hydrogens (tertiary/aromatic N) is 4. The molecule has 1 saturated heterocycles. The smallest absolute Gasteiger partial charge is 0.226 e. The summed E-state index contributed by atoms with van der Waals surface area (Å²) in [6.07, 6.45) is 1.54. The van der Waals surface area contributed by atoms with Crippen molar-refractivity contribution in [2.24, 2.45) is 11.8 Å². The van der Waals surface area contributed by atoms with Crippen LogP contribution in [0.2, 0.25) is 5.02 Å². The zero-order chi connectivity index (χ0) is 24.2. The minimum absolute atomic E-state index is 0.0342. The molecule has 1 aromatic carbocycles. The van der Waals surface area contributed by atoms with Crippen LogP contribution in [-0.2, 0) is 29.0 Å². The molecule has 2 unspecified atom stereocenters. The SMILES string of the molecule is COc1cc(Cl)c(CN2CCc3nnc(C(NC(=O)C4CCOC4)C(C)C)n3CC2)cc1OC. The Bertz CT molecular complexity index is 1010. The van der Waals surface area contributed by atoms with Crippen molar-refractivity contribution in [3.05, 3.63) is 34.4 Å². The molecule has 1 amide bonds. The zero-order valence-corrected chi connectivity index (χ0v) is 21.1. The first-order valence-electron chi connectivity index (χ1n) is 11.8. The molecule has 186 valence electrons. The maximum atomic E-state index is 12.8. The van der Waals surface area contributed by atoms with Crippen molar-refractivity contribution in [1.82, 2.24) is 25.0 Å². The van der Waals surface area contributed by atoms with Gasteiger partial charge in [0.25, 0.3) is 0 Å². The van der Waals surface area contributed by atoms with Crippen LogP contribution in [0.5, 0.6) is 11.5 Å². The number of ether oxygens (including phenoxy) is 3. The van der Waals surface area contributed by atoms with Gasteiger partial charge in [-0.3, -0.25) is 9.69 Å². The van der Waals surface area contributed by atoms with Crippen LogP contribution in [0.3, 0.4) is 0 Å². The first-order valence-corrected chi connectivity index (χ1v) is 12.2. The van der Waals surface area contributed by atoms with E-state index in [4.69, 9.17) is 25.8 Å². The summed E-state index contributed by atoms with van der Waals surface area (Å²) in [5.74, 6) is 3.18. The number of carbonyl (C=O) groups is 1. The Labute approximate surface area is 205 Å². The van der Waals surface area contributed by atoms with E-state index in [0.29, 0.717) is 36.3 Å². The van der Waals surface area contributed by atoms with Crippen molar-refractivity contribution >= 4 is 17.5 Å². The molecule has 9 nitrogen and oxygen atoms in total. The van der Waals surface area contributed by atoms with E-state index < -0.39 is 0 Å². The number of hydrogen-bond donors (Lipinski definition) is 1. The summed E-state index contributed by atoms with van der Waals surface area (Å²) >= 11 is 6.53. The van der Waals surface area contributed by atoms with Crippen LogP contribution in [0.25, 0.3) is 0 Å². The number of rotatable bonds is 8. The molecule has 3 heterocycles. The number of carbonyl (C=O) groups excluding carboxylic acids is 1. The fraction of sp³-hybridized carbons (Fsp3) is 0.625. The average molecular weight is 492 g/mol. The fourth-order valence-corrected chi connectivity index (χ4v) is 4.79. The van der Waals surface area contributed by atoms with E-state index in [0.717, 1.165) is 49.7 Å². The zero-order valence-electron chi connectivity index (χ0n) is 20.3. The second-order valence-electron chi connectivity index (χ2n) is 9.24. The highest BCUT2D eigenvalue weighted by atomic mass is 35.5. The summed E-state index contributed by atoms with van der Waals surface area (Å²) < 4.78 is 18.4. The number of aromatic nitrogens is 3. The van der Waals surface area contributed by atoms with Gasteiger partial charge in [0.05, 0.1) is 32.8 Å². The van der Waals surface area contributed by atoms with Crippen LogP contribution in [0.4, 0.5) is 0 Å². The molecule has 2 aliphatic heterocycles. The van der Waals surface area contributed by atoms with E-state index in [2.05, 4.69) is 38.8 Å². The molecular weight excluding hydrogens is 458 g/mol. The van der Waals surface area contributed by atoms with Gasteiger partial charge in [0, 0.05) is 50.3 Å². The number of halogens is 1. The molecule has 1 aromatic heterocycles. The molecular formula is C24H34ClN5O4. The highest BCUT2D eigenvalue weighted by molar-refractivity contribution is 6.31. The summed E-state index contributed by atoms with van der Waals surface area (Å²) in [5.41, 5.74) is 0.989. The summed E-state index contributed by atoms with van der Waals surface area (Å²) in [6.45, 7) is 8.42. The second-order valence-corrected chi connectivity index (χ2v) is 9.65. The Morgan fingerprint density at radius 3 is 2.65 bits per heavy atom. The van der Waals surface area contributed by atoms with E-state index in [1.54, 1.807) is 20.3 Å². The van der Waals surface area contributed by atoms with E-state index >= 15 is 0 Å². The molecule has 2 aliphatic rings. The largest absolute Gasteiger partial charge is 0.493 e. The lowest BCUT2D eigenvalue weighted by Crippen LogP contribution is -2.38. The van der Waals surface area contributed by atoms with Crippen LogP contribution in [0.1, 0.15) is 43.5 Å². The first-order chi connectivity index (χ1) is 16.4. The van der Waals surface area contributed by atoms with Gasteiger partial charge in [0.2, 0.25) is 5.91 Å². The molecule has 0 spiro atoms.